The molecule has 0 rings (SSSR count). The maximum atomic E-state index is 5.39. The van der Waals surface area contributed by atoms with E-state index in [1.165, 1.54) is 0 Å². The third-order valence-corrected chi connectivity index (χ3v) is 8.36. The molecule has 0 aliphatic rings. The molecule has 6 heteroatoms. The van der Waals surface area contributed by atoms with Gasteiger partial charge in [-0.15, -0.1) is 0 Å². The Morgan fingerprint density at radius 1 is 0.195 bits per heavy atom. The maximum absolute atomic E-state index is 5.39. The molecule has 0 atom stereocenters. The highest BCUT2D eigenvalue weighted by atomic mass is 16.5. The molecule has 0 aromatic heterocycles. The van der Waals surface area contributed by atoms with E-state index in [0.29, 0.717) is 35.9 Å². The van der Waals surface area contributed by atoms with Crippen LogP contribution in [0.25, 0.3) is 0 Å². The highest BCUT2D eigenvalue weighted by Gasteiger charge is 1.95. The predicted molar refractivity (Wildman–Crippen MR) is 363 cm³/mol. The van der Waals surface area contributed by atoms with Crippen LogP contribution in [0.2, 0.25) is 0 Å². The second-order valence-corrected chi connectivity index (χ2v) is 23.1. The molecule has 0 fully saturated rings. The Labute approximate surface area is 493 Å². The van der Waals surface area contributed by atoms with Gasteiger partial charge in [0.1, 0.15) is 0 Å². The lowest BCUT2D eigenvalue weighted by Gasteiger charge is -2.03. The van der Waals surface area contributed by atoms with Gasteiger partial charge in [0.2, 0.25) is 0 Å². The van der Waals surface area contributed by atoms with Crippen molar-refractivity contribution in [3.8, 4) is 0 Å². The molecule has 0 aliphatic heterocycles. The van der Waals surface area contributed by atoms with Gasteiger partial charge >= 0.3 is 0 Å². The van der Waals surface area contributed by atoms with Crippen LogP contribution < -0.4 is 0 Å². The SMILES string of the molecule is C.C.C.C.C.C.C.CC(C)C/C=C/COCC(C)C.CC(C)C/C=C/COCC(C)C.CC(C)C/C=C\COC(C)C.CC(C)C/C=C\COC(C)C.CC(C)C/C=C\COCC(C)C.CC(C)C/C=C\COCC(C)C. The Kier molecular flexibility index (Phi) is 119. The van der Waals surface area contributed by atoms with Gasteiger partial charge < -0.3 is 28.4 Å². The molecule has 0 saturated heterocycles. The Hall–Kier alpha value is -1.80. The van der Waals surface area contributed by atoms with Crippen LogP contribution in [0.15, 0.2) is 72.9 Å². The number of rotatable bonds is 34. The first-order valence-corrected chi connectivity index (χ1v) is 28.2. The van der Waals surface area contributed by atoms with Crippen LogP contribution in [0.3, 0.4) is 0 Å². The summed E-state index contributed by atoms with van der Waals surface area (Å²) in [5.74, 6) is 7.10. The molecule has 476 valence electrons. The first-order chi connectivity index (χ1) is 32.8. The third-order valence-electron chi connectivity index (χ3n) is 8.36. The van der Waals surface area contributed by atoms with Gasteiger partial charge in [0, 0.05) is 26.4 Å². The molecule has 0 radical (unpaired) electrons. The molecule has 77 heavy (non-hydrogen) atoms. The summed E-state index contributed by atoms with van der Waals surface area (Å²) in [4.78, 5) is 0. The van der Waals surface area contributed by atoms with Crippen molar-refractivity contribution in [1.82, 2.24) is 0 Å². The van der Waals surface area contributed by atoms with Gasteiger partial charge in [0.15, 0.2) is 0 Å². The normalized spacial score (nSPS) is 11.1. The smallest absolute Gasteiger partial charge is 0.0650 e. The number of hydrogen-bond acceptors (Lipinski definition) is 6. The molecular formula is C71H156O6. The molecule has 0 aromatic carbocycles. The van der Waals surface area contributed by atoms with Crippen LogP contribution in [0.1, 0.15) is 257 Å². The molecule has 0 unspecified atom stereocenters. The highest BCUT2D eigenvalue weighted by molar-refractivity contribution is 4.85. The van der Waals surface area contributed by atoms with E-state index < -0.39 is 0 Å². The molecule has 0 bridgehead atoms. The zero-order valence-corrected chi connectivity index (χ0v) is 51.6. The zero-order valence-electron chi connectivity index (χ0n) is 51.6. The molecule has 0 heterocycles. The van der Waals surface area contributed by atoms with E-state index >= 15 is 0 Å². The van der Waals surface area contributed by atoms with E-state index in [-0.39, 0.29) is 52.0 Å². The quantitative estimate of drug-likeness (QED) is 0.0473. The van der Waals surface area contributed by atoms with Crippen LogP contribution in [-0.2, 0) is 28.4 Å². The van der Waals surface area contributed by atoms with Gasteiger partial charge in [-0.05, 0) is 125 Å². The molecule has 0 aromatic rings. The third kappa shape index (κ3) is 153. The monoisotopic (exact) mass is 1110 g/mol. The topological polar surface area (TPSA) is 55.4 Å². The second-order valence-electron chi connectivity index (χ2n) is 23.1. The minimum atomic E-state index is 0. The van der Waals surface area contributed by atoms with Gasteiger partial charge in [0.25, 0.3) is 0 Å². The average molecular weight is 1110 g/mol. The van der Waals surface area contributed by atoms with Gasteiger partial charge in [-0.1, -0.05) is 263 Å². The minimum Gasteiger partial charge on any atom is -0.377 e. The fraction of sp³-hybridized carbons (Fsp3) is 0.831. The van der Waals surface area contributed by atoms with Crippen molar-refractivity contribution < 1.29 is 28.4 Å². The van der Waals surface area contributed by atoms with Crippen molar-refractivity contribution in [2.24, 2.45) is 59.2 Å². The highest BCUT2D eigenvalue weighted by Crippen LogP contribution is 2.04. The Morgan fingerprint density at radius 3 is 0.455 bits per heavy atom. The molecule has 0 amide bonds. The van der Waals surface area contributed by atoms with Crippen molar-refractivity contribution in [3.63, 3.8) is 0 Å². The van der Waals surface area contributed by atoms with Crippen molar-refractivity contribution in [3.05, 3.63) is 72.9 Å². The summed E-state index contributed by atoms with van der Waals surface area (Å²) in [5, 5.41) is 0. The Balaban J connectivity index is -0.0000000570. The standard InChI is InChI=1S/4C11H22O.2C10H20O.7CH4/c4*1-10(2)7-5-6-8-12-9-11(3)4;2*1-9(2)7-5-6-8-11-10(3)4;;;;;;;/h4*5-6,10-11H,7-9H2,1-4H3;2*5-6,9-10H,7-8H2,1-4H3;7*1H4/b2*6-5+;4*6-5-;;;;;;;. The summed E-state index contributed by atoms with van der Waals surface area (Å²) >= 11 is 0. The Bertz CT molecular complexity index is 971. The summed E-state index contributed by atoms with van der Waals surface area (Å²) in [5.41, 5.74) is 0. The van der Waals surface area contributed by atoms with E-state index in [0.717, 1.165) is 140 Å². The first-order valence-electron chi connectivity index (χ1n) is 28.2. The molecule has 0 saturated carbocycles. The molecule has 0 spiro atoms. The van der Waals surface area contributed by atoms with E-state index in [1.807, 2.05) is 0 Å². The summed E-state index contributed by atoms with van der Waals surface area (Å²) in [6.45, 7) is 60.2. The first kappa shape index (κ1) is 107. The number of ether oxygens (including phenoxy) is 6. The predicted octanol–water partition coefficient (Wildman–Crippen LogP) is 23.5. The average Bonchev–Trinajstić information content (AvgIpc) is 3.23. The molecule has 6 nitrogen and oxygen atoms in total. The van der Waals surface area contributed by atoms with E-state index in [2.05, 4.69) is 239 Å². The summed E-state index contributed by atoms with van der Waals surface area (Å²) < 4.78 is 32.2. The summed E-state index contributed by atoms with van der Waals surface area (Å²) in [6, 6.07) is 0. The summed E-state index contributed by atoms with van der Waals surface area (Å²) in [7, 11) is 0. The molecule has 0 N–H and O–H groups in total. The van der Waals surface area contributed by atoms with Crippen molar-refractivity contribution in [1.29, 1.82) is 0 Å². The van der Waals surface area contributed by atoms with Crippen LogP contribution in [0, 0.1) is 59.2 Å². The lowest BCUT2D eigenvalue weighted by Crippen LogP contribution is -2.01. The fourth-order valence-electron chi connectivity index (χ4n) is 4.60. The summed E-state index contributed by atoms with van der Waals surface area (Å²) in [6.07, 6.45) is 33.5. The molecular weight excluding hydrogens is 949 g/mol. The second kappa shape index (κ2) is 85.5. The minimum absolute atomic E-state index is 0. The lowest BCUT2D eigenvalue weighted by molar-refractivity contribution is 0.102. The number of allylic oxidation sites excluding steroid dienone is 6. The van der Waals surface area contributed by atoms with Gasteiger partial charge in [0.05, 0.1) is 51.8 Å². The molecule has 0 aliphatic carbocycles. The number of hydrogen-bond donors (Lipinski definition) is 0. The van der Waals surface area contributed by atoms with Crippen molar-refractivity contribution in [2.75, 3.05) is 66.1 Å². The van der Waals surface area contributed by atoms with Gasteiger partial charge in [-0.25, -0.2) is 0 Å². The van der Waals surface area contributed by atoms with Crippen molar-refractivity contribution in [2.45, 2.75) is 269 Å². The van der Waals surface area contributed by atoms with Crippen LogP contribution in [0.5, 0.6) is 0 Å². The van der Waals surface area contributed by atoms with Gasteiger partial charge in [-0.2, -0.15) is 0 Å². The van der Waals surface area contributed by atoms with Crippen LogP contribution >= 0.6 is 0 Å². The Morgan fingerprint density at radius 2 is 0.338 bits per heavy atom. The lowest BCUT2D eigenvalue weighted by atomic mass is 10.1. The van der Waals surface area contributed by atoms with E-state index in [4.69, 9.17) is 28.4 Å². The fourth-order valence-corrected chi connectivity index (χ4v) is 4.60. The van der Waals surface area contributed by atoms with Crippen molar-refractivity contribution >= 4 is 0 Å². The van der Waals surface area contributed by atoms with Crippen LogP contribution in [0.4, 0.5) is 0 Å². The van der Waals surface area contributed by atoms with Crippen LogP contribution in [-0.4, -0.2) is 78.3 Å². The van der Waals surface area contributed by atoms with Gasteiger partial charge in [-0.3, -0.25) is 0 Å². The van der Waals surface area contributed by atoms with E-state index in [1.54, 1.807) is 0 Å². The zero-order chi connectivity index (χ0) is 55.0. The largest absolute Gasteiger partial charge is 0.377 e. The maximum Gasteiger partial charge on any atom is 0.0650 e. The van der Waals surface area contributed by atoms with E-state index in [9.17, 15) is 0 Å².